The van der Waals surface area contributed by atoms with Crippen molar-refractivity contribution in [3.8, 4) is 0 Å². The summed E-state index contributed by atoms with van der Waals surface area (Å²) in [6.07, 6.45) is 2.16. The van der Waals surface area contributed by atoms with Crippen LogP contribution in [0.4, 0.5) is 4.79 Å². The number of imide groups is 1. The molecule has 0 spiro atoms. The third-order valence-corrected chi connectivity index (χ3v) is 8.62. The number of nitrogens with zero attached hydrogens (tertiary/aromatic N) is 4. The van der Waals surface area contributed by atoms with Gasteiger partial charge in [-0.05, 0) is 54.8 Å². The molecular weight excluding hydrogens is 492 g/mol. The molecule has 0 N–H and O–H groups in total. The summed E-state index contributed by atoms with van der Waals surface area (Å²) in [5, 5.41) is 2.17. The highest BCUT2D eigenvalue weighted by molar-refractivity contribution is 7.91. The van der Waals surface area contributed by atoms with E-state index < -0.39 is 15.9 Å². The van der Waals surface area contributed by atoms with Crippen LogP contribution in [0.2, 0.25) is 5.02 Å². The van der Waals surface area contributed by atoms with Crippen molar-refractivity contribution in [1.29, 1.82) is 0 Å². The molecule has 0 radical (unpaired) electrons. The molecule has 0 saturated carbocycles. The predicted molar refractivity (Wildman–Crippen MR) is 129 cm³/mol. The molecule has 1 fully saturated rings. The highest BCUT2D eigenvalue weighted by atomic mass is 35.5. The summed E-state index contributed by atoms with van der Waals surface area (Å²) in [5.41, 5.74) is 0.257. The van der Waals surface area contributed by atoms with Crippen LogP contribution < -0.4 is 0 Å². The first-order valence-corrected chi connectivity index (χ1v) is 13.3. The number of sulfone groups is 1. The number of fused-ring (bicyclic) bond motifs is 2. The van der Waals surface area contributed by atoms with Gasteiger partial charge in [-0.3, -0.25) is 14.5 Å². The van der Waals surface area contributed by atoms with E-state index in [9.17, 15) is 22.8 Å². The number of aryl methyl sites for hydroxylation is 1. The van der Waals surface area contributed by atoms with Gasteiger partial charge in [-0.15, -0.1) is 0 Å². The van der Waals surface area contributed by atoms with Crippen molar-refractivity contribution in [2.45, 2.75) is 37.1 Å². The lowest BCUT2D eigenvalue weighted by Crippen LogP contribution is -2.49. The summed E-state index contributed by atoms with van der Waals surface area (Å²) in [6, 6.07) is 9.33. The summed E-state index contributed by atoms with van der Waals surface area (Å²) in [5.74, 6) is -0.464. The molecule has 2 aromatic carbocycles. The molecule has 0 aliphatic carbocycles. The molecule has 0 atom stereocenters. The van der Waals surface area contributed by atoms with Gasteiger partial charge < -0.3 is 4.90 Å². The topological polar surface area (TPSA) is 110 Å². The normalized spacial score (nSPS) is 16.9. The Bertz CT molecular complexity index is 1470. The van der Waals surface area contributed by atoms with Crippen molar-refractivity contribution in [3.63, 3.8) is 0 Å². The number of carbonyl (C=O) groups is 3. The Labute approximate surface area is 207 Å². The second-order valence-electron chi connectivity index (χ2n) is 8.82. The Morgan fingerprint density at radius 1 is 1.09 bits per heavy atom. The van der Waals surface area contributed by atoms with Crippen LogP contribution in [0.25, 0.3) is 10.8 Å². The van der Waals surface area contributed by atoms with Crippen LogP contribution >= 0.6 is 11.6 Å². The van der Waals surface area contributed by atoms with E-state index in [-0.39, 0.29) is 40.6 Å². The van der Waals surface area contributed by atoms with Gasteiger partial charge in [0.2, 0.25) is 5.91 Å². The van der Waals surface area contributed by atoms with Crippen molar-refractivity contribution in [2.24, 2.45) is 0 Å². The summed E-state index contributed by atoms with van der Waals surface area (Å²) in [4.78, 5) is 45.2. The minimum Gasteiger partial charge on any atom is -0.343 e. The minimum atomic E-state index is -3.65. The first-order valence-electron chi connectivity index (χ1n) is 11.3. The number of hydrogen-bond donors (Lipinski definition) is 0. The standard InChI is InChI=1S/C24H23ClN4O5S/c1-15-26-14-21-23(31)29(24(32)28(15)21)19-6-9-27(10-7-19)22(30)8-11-35(33,34)20-5-3-16-12-18(25)4-2-17(16)13-20/h2-5,12-14,19H,6-11H2,1H3. The zero-order valence-electron chi connectivity index (χ0n) is 19.0. The van der Waals surface area contributed by atoms with Crippen molar-refractivity contribution in [3.05, 3.63) is 59.1 Å². The maximum Gasteiger partial charge on any atom is 0.337 e. The number of carbonyl (C=O) groups excluding carboxylic acids is 3. The van der Waals surface area contributed by atoms with Crippen LogP contribution in [-0.4, -0.2) is 70.5 Å². The Morgan fingerprint density at radius 3 is 2.49 bits per heavy atom. The maximum absolute atomic E-state index is 12.9. The Morgan fingerprint density at radius 2 is 1.77 bits per heavy atom. The summed E-state index contributed by atoms with van der Waals surface area (Å²) >= 11 is 5.99. The Hall–Kier alpha value is -3.24. The SMILES string of the molecule is Cc1ncc2n1C(=O)N(C1CCN(C(=O)CCS(=O)(=O)c3ccc4cc(Cl)ccc4c3)CC1)C2=O. The fourth-order valence-corrected chi connectivity index (χ4v) is 6.18. The number of hydrogen-bond acceptors (Lipinski definition) is 6. The zero-order chi connectivity index (χ0) is 24.9. The number of amides is 3. The van der Waals surface area contributed by atoms with Crippen molar-refractivity contribution in [1.82, 2.24) is 19.4 Å². The number of imidazole rings is 1. The fourth-order valence-electron chi connectivity index (χ4n) is 4.74. The van der Waals surface area contributed by atoms with Gasteiger partial charge in [-0.2, -0.15) is 0 Å². The van der Waals surface area contributed by atoms with E-state index in [2.05, 4.69) is 4.98 Å². The largest absolute Gasteiger partial charge is 0.343 e. The first kappa shape index (κ1) is 23.5. The van der Waals surface area contributed by atoms with Crippen LogP contribution in [0.1, 0.15) is 35.6 Å². The molecule has 182 valence electrons. The zero-order valence-corrected chi connectivity index (χ0v) is 20.6. The van der Waals surface area contributed by atoms with Gasteiger partial charge in [0, 0.05) is 30.6 Å². The predicted octanol–water partition coefficient (Wildman–Crippen LogP) is 3.28. The number of piperidine rings is 1. The van der Waals surface area contributed by atoms with Gasteiger partial charge in [0.05, 0.1) is 16.8 Å². The van der Waals surface area contributed by atoms with Gasteiger partial charge in [0.15, 0.2) is 9.84 Å². The monoisotopic (exact) mass is 514 g/mol. The molecule has 0 unspecified atom stereocenters. The molecule has 0 bridgehead atoms. The van der Waals surface area contributed by atoms with E-state index in [1.807, 2.05) is 0 Å². The Balaban J connectivity index is 1.19. The molecule has 5 rings (SSSR count). The number of likely N-dealkylation sites (tertiary alicyclic amines) is 1. The molecule has 3 amide bonds. The third kappa shape index (κ3) is 4.21. The quantitative estimate of drug-likeness (QED) is 0.517. The average Bonchev–Trinajstić information content (AvgIpc) is 3.35. The number of aromatic nitrogens is 2. The van der Waals surface area contributed by atoms with Gasteiger partial charge >= 0.3 is 6.03 Å². The Kier molecular flexibility index (Phi) is 5.88. The number of rotatable bonds is 5. The van der Waals surface area contributed by atoms with Gasteiger partial charge in [0.1, 0.15) is 11.5 Å². The average molecular weight is 515 g/mol. The van der Waals surface area contributed by atoms with E-state index in [1.165, 1.54) is 21.7 Å². The van der Waals surface area contributed by atoms with Crippen molar-refractivity contribution in [2.75, 3.05) is 18.8 Å². The van der Waals surface area contributed by atoms with Crippen LogP contribution in [-0.2, 0) is 14.6 Å². The van der Waals surface area contributed by atoms with Crippen molar-refractivity contribution < 1.29 is 22.8 Å². The van der Waals surface area contributed by atoms with Crippen LogP contribution in [0.3, 0.4) is 0 Å². The summed E-state index contributed by atoms with van der Waals surface area (Å²) < 4.78 is 27.0. The summed E-state index contributed by atoms with van der Waals surface area (Å²) in [7, 11) is -3.65. The molecule has 11 heteroatoms. The van der Waals surface area contributed by atoms with Gasteiger partial charge in [0.25, 0.3) is 5.91 Å². The minimum absolute atomic E-state index is 0.135. The van der Waals surface area contributed by atoms with Crippen LogP contribution in [0, 0.1) is 6.92 Å². The third-order valence-electron chi connectivity index (χ3n) is 6.67. The smallest absolute Gasteiger partial charge is 0.337 e. The van der Waals surface area contributed by atoms with Crippen LogP contribution in [0.15, 0.2) is 47.5 Å². The van der Waals surface area contributed by atoms with E-state index in [0.717, 1.165) is 10.8 Å². The van der Waals surface area contributed by atoms with Crippen molar-refractivity contribution >= 4 is 50.1 Å². The lowest BCUT2D eigenvalue weighted by atomic mass is 10.0. The lowest BCUT2D eigenvalue weighted by molar-refractivity contribution is -0.132. The first-order chi connectivity index (χ1) is 16.7. The molecule has 1 aromatic heterocycles. The van der Waals surface area contributed by atoms with E-state index in [1.54, 1.807) is 42.2 Å². The maximum atomic E-state index is 12.9. The summed E-state index contributed by atoms with van der Waals surface area (Å²) in [6.45, 7) is 2.37. The lowest BCUT2D eigenvalue weighted by Gasteiger charge is -2.35. The highest BCUT2D eigenvalue weighted by Gasteiger charge is 2.42. The van der Waals surface area contributed by atoms with E-state index in [0.29, 0.717) is 36.8 Å². The second-order valence-corrected chi connectivity index (χ2v) is 11.4. The van der Waals surface area contributed by atoms with Gasteiger partial charge in [-0.1, -0.05) is 23.7 Å². The molecule has 9 nitrogen and oxygen atoms in total. The molecule has 3 heterocycles. The number of benzene rings is 2. The molecular formula is C24H23ClN4O5S. The molecule has 35 heavy (non-hydrogen) atoms. The molecule has 2 aliphatic rings. The highest BCUT2D eigenvalue weighted by Crippen LogP contribution is 2.27. The second kappa shape index (κ2) is 8.76. The van der Waals surface area contributed by atoms with Crippen LogP contribution in [0.5, 0.6) is 0 Å². The van der Waals surface area contributed by atoms with Gasteiger partial charge in [-0.25, -0.2) is 22.8 Å². The van der Waals surface area contributed by atoms with E-state index >= 15 is 0 Å². The number of halogens is 1. The molecule has 3 aromatic rings. The van der Waals surface area contributed by atoms with E-state index in [4.69, 9.17) is 11.6 Å². The molecule has 1 saturated heterocycles. The molecule has 2 aliphatic heterocycles. The fraction of sp³-hybridized carbons (Fsp3) is 0.333.